The SMILES string of the molecule is CC(C)OC(C)(C)CCl. The van der Waals surface area contributed by atoms with Crippen LogP contribution in [0.2, 0.25) is 0 Å². The van der Waals surface area contributed by atoms with Crippen LogP contribution in [0, 0.1) is 0 Å². The van der Waals surface area contributed by atoms with Gasteiger partial charge in [0.15, 0.2) is 0 Å². The standard InChI is InChI=1S/C7H15ClO/c1-6(2)9-7(3,4)5-8/h6H,5H2,1-4H3. The van der Waals surface area contributed by atoms with E-state index in [4.69, 9.17) is 16.3 Å². The molecular formula is C7H15ClO. The zero-order chi connectivity index (χ0) is 7.49. The van der Waals surface area contributed by atoms with Gasteiger partial charge in [-0.3, -0.25) is 0 Å². The summed E-state index contributed by atoms with van der Waals surface area (Å²) in [5, 5.41) is 0. The topological polar surface area (TPSA) is 9.23 Å². The summed E-state index contributed by atoms with van der Waals surface area (Å²) in [6, 6.07) is 0. The van der Waals surface area contributed by atoms with Gasteiger partial charge >= 0.3 is 0 Å². The van der Waals surface area contributed by atoms with Gasteiger partial charge in [0, 0.05) is 0 Å². The van der Waals surface area contributed by atoms with Gasteiger partial charge in [-0.2, -0.15) is 0 Å². The van der Waals surface area contributed by atoms with E-state index >= 15 is 0 Å². The van der Waals surface area contributed by atoms with Gasteiger partial charge in [-0.05, 0) is 27.7 Å². The molecule has 0 N–H and O–H groups in total. The van der Waals surface area contributed by atoms with E-state index in [2.05, 4.69) is 0 Å². The summed E-state index contributed by atoms with van der Waals surface area (Å²) in [7, 11) is 0. The molecule has 9 heavy (non-hydrogen) atoms. The lowest BCUT2D eigenvalue weighted by Gasteiger charge is -2.24. The monoisotopic (exact) mass is 150 g/mol. The molecule has 0 aliphatic carbocycles. The van der Waals surface area contributed by atoms with E-state index in [1.54, 1.807) is 0 Å². The smallest absolute Gasteiger partial charge is 0.0764 e. The Morgan fingerprint density at radius 1 is 1.44 bits per heavy atom. The lowest BCUT2D eigenvalue weighted by Crippen LogP contribution is -2.29. The van der Waals surface area contributed by atoms with Crippen LogP contribution in [0.3, 0.4) is 0 Å². The number of hydrogen-bond donors (Lipinski definition) is 0. The van der Waals surface area contributed by atoms with Crippen LogP contribution in [-0.4, -0.2) is 17.6 Å². The average Bonchev–Trinajstić information content (AvgIpc) is 1.63. The summed E-state index contributed by atoms with van der Waals surface area (Å²) in [6.45, 7) is 7.99. The Morgan fingerprint density at radius 3 is 2.00 bits per heavy atom. The third kappa shape index (κ3) is 4.73. The van der Waals surface area contributed by atoms with Gasteiger partial charge < -0.3 is 4.74 Å². The first-order chi connectivity index (χ1) is 3.98. The van der Waals surface area contributed by atoms with Crippen molar-refractivity contribution in [3.05, 3.63) is 0 Å². The molecule has 0 saturated carbocycles. The molecule has 0 unspecified atom stereocenters. The van der Waals surface area contributed by atoms with Gasteiger partial charge in [0.2, 0.25) is 0 Å². The molecule has 0 amide bonds. The van der Waals surface area contributed by atoms with E-state index < -0.39 is 0 Å². The first kappa shape index (κ1) is 9.25. The summed E-state index contributed by atoms with van der Waals surface area (Å²) < 4.78 is 5.45. The van der Waals surface area contributed by atoms with Crippen LogP contribution in [0.15, 0.2) is 0 Å². The Hall–Kier alpha value is 0.250. The summed E-state index contributed by atoms with van der Waals surface area (Å²) in [5.41, 5.74) is -0.171. The highest BCUT2D eigenvalue weighted by atomic mass is 35.5. The maximum atomic E-state index is 5.61. The molecule has 0 fully saturated rings. The molecule has 56 valence electrons. The third-order valence-corrected chi connectivity index (χ3v) is 1.52. The van der Waals surface area contributed by atoms with Crippen molar-refractivity contribution in [2.24, 2.45) is 0 Å². The zero-order valence-electron chi connectivity index (χ0n) is 6.57. The molecule has 0 aromatic rings. The van der Waals surface area contributed by atoms with Crippen LogP contribution in [-0.2, 0) is 4.74 Å². The Bertz CT molecular complexity index is 79.0. The van der Waals surface area contributed by atoms with E-state index in [1.165, 1.54) is 0 Å². The van der Waals surface area contributed by atoms with Crippen LogP contribution in [0.25, 0.3) is 0 Å². The Morgan fingerprint density at radius 2 is 1.89 bits per heavy atom. The minimum atomic E-state index is -0.171. The minimum Gasteiger partial charge on any atom is -0.372 e. The lowest BCUT2D eigenvalue weighted by molar-refractivity contribution is -0.0400. The van der Waals surface area contributed by atoms with Crippen LogP contribution < -0.4 is 0 Å². The van der Waals surface area contributed by atoms with Crippen LogP contribution >= 0.6 is 11.6 Å². The van der Waals surface area contributed by atoms with E-state index in [9.17, 15) is 0 Å². The fourth-order valence-corrected chi connectivity index (χ4v) is 0.733. The average molecular weight is 151 g/mol. The largest absolute Gasteiger partial charge is 0.372 e. The third-order valence-electron chi connectivity index (χ3n) is 0.877. The highest BCUT2D eigenvalue weighted by molar-refractivity contribution is 6.18. The van der Waals surface area contributed by atoms with Crippen LogP contribution in [0.1, 0.15) is 27.7 Å². The molecule has 1 nitrogen and oxygen atoms in total. The molecule has 0 aliphatic rings. The molecule has 0 bridgehead atoms. The summed E-state index contributed by atoms with van der Waals surface area (Å²) >= 11 is 5.61. The Labute approximate surface area is 62.3 Å². The number of hydrogen-bond acceptors (Lipinski definition) is 1. The summed E-state index contributed by atoms with van der Waals surface area (Å²) in [5.74, 6) is 0.547. The van der Waals surface area contributed by atoms with E-state index in [0.717, 1.165) is 0 Å². The number of ether oxygens (including phenoxy) is 1. The maximum absolute atomic E-state index is 5.61. The molecular weight excluding hydrogens is 136 g/mol. The fourth-order valence-electron chi connectivity index (χ4n) is 0.670. The fraction of sp³-hybridized carbons (Fsp3) is 1.00. The van der Waals surface area contributed by atoms with E-state index in [0.29, 0.717) is 5.88 Å². The first-order valence-electron chi connectivity index (χ1n) is 3.22. The van der Waals surface area contributed by atoms with Crippen molar-refractivity contribution in [3.8, 4) is 0 Å². The Balaban J connectivity index is 3.58. The number of halogens is 1. The maximum Gasteiger partial charge on any atom is 0.0764 e. The molecule has 0 heterocycles. The highest BCUT2D eigenvalue weighted by Crippen LogP contribution is 2.13. The van der Waals surface area contributed by atoms with Gasteiger partial charge in [0.1, 0.15) is 0 Å². The molecule has 0 rings (SSSR count). The predicted octanol–water partition coefficient (Wildman–Crippen LogP) is 2.43. The van der Waals surface area contributed by atoms with Gasteiger partial charge in [0.25, 0.3) is 0 Å². The van der Waals surface area contributed by atoms with Crippen molar-refractivity contribution in [2.75, 3.05) is 5.88 Å². The number of rotatable bonds is 3. The van der Waals surface area contributed by atoms with Gasteiger partial charge in [0.05, 0.1) is 17.6 Å². The molecule has 0 radical (unpaired) electrons. The van der Waals surface area contributed by atoms with E-state index in [1.807, 2.05) is 27.7 Å². The second-order valence-electron chi connectivity index (χ2n) is 3.06. The molecule has 0 atom stereocenters. The summed E-state index contributed by atoms with van der Waals surface area (Å²) in [6.07, 6.45) is 0.263. The molecule has 2 heteroatoms. The van der Waals surface area contributed by atoms with Gasteiger partial charge in [-0.1, -0.05) is 0 Å². The summed E-state index contributed by atoms with van der Waals surface area (Å²) in [4.78, 5) is 0. The second-order valence-corrected chi connectivity index (χ2v) is 3.33. The quantitative estimate of drug-likeness (QED) is 0.562. The van der Waals surface area contributed by atoms with Crippen molar-refractivity contribution in [3.63, 3.8) is 0 Å². The van der Waals surface area contributed by atoms with Gasteiger partial charge in [-0.15, -0.1) is 11.6 Å². The van der Waals surface area contributed by atoms with Crippen molar-refractivity contribution in [1.29, 1.82) is 0 Å². The van der Waals surface area contributed by atoms with E-state index in [-0.39, 0.29) is 11.7 Å². The van der Waals surface area contributed by atoms with Crippen molar-refractivity contribution in [1.82, 2.24) is 0 Å². The zero-order valence-corrected chi connectivity index (χ0v) is 7.33. The Kier molecular flexibility index (Phi) is 3.52. The van der Waals surface area contributed by atoms with Crippen molar-refractivity contribution in [2.45, 2.75) is 39.4 Å². The molecule has 0 spiro atoms. The lowest BCUT2D eigenvalue weighted by atomic mass is 10.2. The minimum absolute atomic E-state index is 0.171. The van der Waals surface area contributed by atoms with Gasteiger partial charge in [-0.25, -0.2) is 0 Å². The molecule has 0 aromatic carbocycles. The normalized spacial score (nSPS) is 12.7. The first-order valence-corrected chi connectivity index (χ1v) is 3.75. The molecule has 0 aromatic heterocycles. The van der Waals surface area contributed by atoms with Crippen LogP contribution in [0.4, 0.5) is 0 Å². The van der Waals surface area contributed by atoms with Crippen LogP contribution in [0.5, 0.6) is 0 Å². The highest BCUT2D eigenvalue weighted by Gasteiger charge is 2.17. The second kappa shape index (κ2) is 3.43. The van der Waals surface area contributed by atoms with Crippen molar-refractivity contribution >= 4 is 11.6 Å². The molecule has 0 saturated heterocycles. The molecule has 0 aliphatic heterocycles. The predicted molar refractivity (Wildman–Crippen MR) is 41.0 cm³/mol. The van der Waals surface area contributed by atoms with Crippen molar-refractivity contribution < 1.29 is 4.74 Å². The number of alkyl halides is 1.